The molecule has 5 N–H and O–H groups in total. The van der Waals surface area contributed by atoms with Crippen molar-refractivity contribution in [3.8, 4) is 0 Å². The predicted octanol–water partition coefficient (Wildman–Crippen LogP) is 3.53. The molecule has 14 nitrogen and oxygen atoms in total. The van der Waals surface area contributed by atoms with Crippen LogP contribution < -0.4 is 16.0 Å². The molecular formula is C30H46N4O10. The Morgan fingerprint density at radius 3 is 1.77 bits per heavy atom. The van der Waals surface area contributed by atoms with Gasteiger partial charge in [0.2, 0.25) is 0 Å². The Balaban J connectivity index is 0.000000938. The van der Waals surface area contributed by atoms with Gasteiger partial charge in [0.05, 0.1) is 6.54 Å². The number of ether oxygens (including phenoxy) is 3. The molecule has 0 aliphatic heterocycles. The number of hydrogen-bond donors (Lipinski definition) is 5. The van der Waals surface area contributed by atoms with E-state index in [-0.39, 0.29) is 26.2 Å². The van der Waals surface area contributed by atoms with Crippen molar-refractivity contribution >= 4 is 30.2 Å². The van der Waals surface area contributed by atoms with Crippen LogP contribution in [0, 0.1) is 0 Å². The van der Waals surface area contributed by atoms with Crippen LogP contribution in [0.3, 0.4) is 0 Å². The lowest BCUT2D eigenvalue weighted by Gasteiger charge is -2.26. The van der Waals surface area contributed by atoms with Gasteiger partial charge in [-0.2, -0.15) is 0 Å². The van der Waals surface area contributed by atoms with E-state index in [1.165, 1.54) is 6.08 Å². The van der Waals surface area contributed by atoms with Crippen LogP contribution in [-0.4, -0.2) is 94.8 Å². The summed E-state index contributed by atoms with van der Waals surface area (Å²) in [5, 5.41) is 25.6. The molecular weight excluding hydrogens is 576 g/mol. The van der Waals surface area contributed by atoms with Gasteiger partial charge >= 0.3 is 30.2 Å². The molecule has 1 aromatic rings. The van der Waals surface area contributed by atoms with Gasteiger partial charge in [-0.1, -0.05) is 42.5 Å². The Morgan fingerprint density at radius 2 is 1.34 bits per heavy atom. The summed E-state index contributed by atoms with van der Waals surface area (Å²) in [6.07, 6.45) is 0.704. The molecule has 0 fully saturated rings. The fourth-order valence-corrected chi connectivity index (χ4v) is 3.03. The van der Waals surface area contributed by atoms with Crippen LogP contribution in [0.1, 0.15) is 47.1 Å². The average Bonchev–Trinajstić information content (AvgIpc) is 2.89. The third-order valence-electron chi connectivity index (χ3n) is 4.83. The molecule has 44 heavy (non-hydrogen) atoms. The van der Waals surface area contributed by atoms with Crippen molar-refractivity contribution in [2.24, 2.45) is 0 Å². The number of benzene rings is 1. The van der Waals surface area contributed by atoms with Gasteiger partial charge in [-0.15, -0.1) is 13.2 Å². The Labute approximate surface area is 258 Å². The maximum atomic E-state index is 12.3. The average molecular weight is 623 g/mol. The summed E-state index contributed by atoms with van der Waals surface area (Å²) < 4.78 is 15.2. The molecule has 0 saturated carbocycles. The van der Waals surface area contributed by atoms with Crippen LogP contribution in [0.4, 0.5) is 14.4 Å². The second-order valence-corrected chi connectivity index (χ2v) is 11.3. The van der Waals surface area contributed by atoms with Crippen LogP contribution in [0.2, 0.25) is 0 Å². The van der Waals surface area contributed by atoms with E-state index in [0.29, 0.717) is 6.54 Å². The maximum Gasteiger partial charge on any atom is 0.410 e. The number of carbonyl (C=O) groups excluding carboxylic acids is 3. The number of rotatable bonds is 14. The first-order valence-corrected chi connectivity index (χ1v) is 13.7. The predicted molar refractivity (Wildman–Crippen MR) is 163 cm³/mol. The highest BCUT2D eigenvalue weighted by Gasteiger charge is 2.28. The molecule has 246 valence electrons. The number of nitrogens with zero attached hydrogens (tertiary/aromatic N) is 1. The first-order valence-electron chi connectivity index (χ1n) is 13.7. The Kier molecular flexibility index (Phi) is 17.5. The molecule has 0 aliphatic carbocycles. The van der Waals surface area contributed by atoms with Crippen molar-refractivity contribution in [2.75, 3.05) is 26.2 Å². The molecule has 14 heteroatoms. The van der Waals surface area contributed by atoms with E-state index in [1.54, 1.807) is 59.8 Å². The molecule has 2 atom stereocenters. The van der Waals surface area contributed by atoms with Gasteiger partial charge in [-0.05, 0) is 47.1 Å². The summed E-state index contributed by atoms with van der Waals surface area (Å²) in [5.41, 5.74) is -0.629. The summed E-state index contributed by atoms with van der Waals surface area (Å²) in [6.45, 7) is 17.5. The van der Waals surface area contributed by atoms with Gasteiger partial charge in [0.15, 0.2) is 0 Å². The highest BCUT2D eigenvalue weighted by Crippen LogP contribution is 2.09. The first kappa shape index (κ1) is 39.4. The molecule has 0 radical (unpaired) electrons. The van der Waals surface area contributed by atoms with E-state index in [0.717, 1.165) is 10.5 Å². The van der Waals surface area contributed by atoms with E-state index in [4.69, 9.17) is 19.3 Å². The van der Waals surface area contributed by atoms with Gasteiger partial charge in [0.25, 0.3) is 0 Å². The molecule has 0 unspecified atom stereocenters. The third kappa shape index (κ3) is 19.5. The number of carboxylic acids is 2. The number of nitrogens with one attached hydrogen (secondary N) is 3. The molecule has 1 rings (SSSR count). The van der Waals surface area contributed by atoms with Crippen LogP contribution in [0.15, 0.2) is 55.6 Å². The van der Waals surface area contributed by atoms with E-state index in [9.17, 15) is 29.1 Å². The zero-order valence-electron chi connectivity index (χ0n) is 26.3. The molecule has 3 amide bonds. The summed E-state index contributed by atoms with van der Waals surface area (Å²) >= 11 is 0. The fraction of sp³-hybridized carbons (Fsp3) is 0.500. The molecule has 0 heterocycles. The lowest BCUT2D eigenvalue weighted by molar-refractivity contribution is -0.140. The number of carboxylic acid groups (broad SMARTS) is 2. The van der Waals surface area contributed by atoms with Gasteiger partial charge in [-0.25, -0.2) is 24.0 Å². The zero-order chi connectivity index (χ0) is 33.9. The number of alkyl carbamates (subject to hydrolysis) is 2. The SMILES string of the molecule is C=CCN(C[C@H](NC(=O)OC(C)(C)C)C(=O)O)C(=O)OCc1ccccc1.C=CCNC[C@H](NC(=O)OC(C)(C)C)C(=O)O. The lowest BCUT2D eigenvalue weighted by Crippen LogP contribution is -2.51. The summed E-state index contributed by atoms with van der Waals surface area (Å²) in [7, 11) is 0. The molecule has 0 saturated heterocycles. The number of hydrogen-bond acceptors (Lipinski definition) is 9. The largest absolute Gasteiger partial charge is 0.480 e. The van der Waals surface area contributed by atoms with E-state index in [1.807, 2.05) is 18.2 Å². The molecule has 1 aromatic carbocycles. The van der Waals surface area contributed by atoms with Crippen LogP contribution >= 0.6 is 0 Å². The van der Waals surface area contributed by atoms with Crippen molar-refractivity contribution in [3.05, 3.63) is 61.2 Å². The van der Waals surface area contributed by atoms with Gasteiger partial charge in [-0.3, -0.25) is 0 Å². The summed E-state index contributed by atoms with van der Waals surface area (Å²) in [6, 6.07) is 6.69. The first-order chi connectivity index (χ1) is 20.4. The monoisotopic (exact) mass is 622 g/mol. The topological polar surface area (TPSA) is 193 Å². The number of aliphatic carboxylic acids is 2. The van der Waals surface area contributed by atoms with Crippen LogP contribution in [0.25, 0.3) is 0 Å². The third-order valence-corrected chi connectivity index (χ3v) is 4.83. The Morgan fingerprint density at radius 1 is 0.841 bits per heavy atom. The maximum absolute atomic E-state index is 12.3. The highest BCUT2D eigenvalue weighted by molar-refractivity contribution is 5.81. The lowest BCUT2D eigenvalue weighted by atomic mass is 10.2. The van der Waals surface area contributed by atoms with Crippen molar-refractivity contribution in [2.45, 2.75) is 71.4 Å². The van der Waals surface area contributed by atoms with Gasteiger partial charge in [0.1, 0.15) is 29.9 Å². The molecule has 0 bridgehead atoms. The number of amides is 3. The van der Waals surface area contributed by atoms with Crippen molar-refractivity contribution in [1.29, 1.82) is 0 Å². The van der Waals surface area contributed by atoms with E-state index >= 15 is 0 Å². The van der Waals surface area contributed by atoms with Crippen LogP contribution in [-0.2, 0) is 30.4 Å². The molecule has 0 spiro atoms. The van der Waals surface area contributed by atoms with Gasteiger partial charge in [0, 0.05) is 19.6 Å². The van der Waals surface area contributed by atoms with Crippen molar-refractivity contribution in [1.82, 2.24) is 20.9 Å². The standard InChI is InChI=1S/C19H26N2O6.C11H20N2O4/c1-5-11-21(18(25)26-13-14-9-7-6-8-10-14)12-15(16(22)23)20-17(24)27-19(2,3)4;1-5-6-12-7-8(9(14)15)13-10(16)17-11(2,3)4/h5-10,15H,1,11-13H2,2-4H3,(H,20,24)(H,22,23);5,8,12H,1,6-7H2,2-4H3,(H,13,16)(H,14,15)/t15-;8-/m00/s1. The second-order valence-electron chi connectivity index (χ2n) is 11.3. The van der Waals surface area contributed by atoms with Crippen LogP contribution in [0.5, 0.6) is 0 Å². The normalized spacial score (nSPS) is 12.1. The molecule has 0 aliphatic rings. The van der Waals surface area contributed by atoms with Crippen molar-refractivity contribution in [3.63, 3.8) is 0 Å². The summed E-state index contributed by atoms with van der Waals surface area (Å²) in [5.74, 6) is -2.42. The second kappa shape index (κ2) is 19.6. The fourth-order valence-electron chi connectivity index (χ4n) is 3.03. The molecule has 0 aromatic heterocycles. The summed E-state index contributed by atoms with van der Waals surface area (Å²) in [4.78, 5) is 59.0. The quantitative estimate of drug-likeness (QED) is 0.116. The minimum absolute atomic E-state index is 0.0462. The van der Waals surface area contributed by atoms with E-state index < -0.39 is 53.5 Å². The Hall–Kier alpha value is -4.59. The Bertz CT molecular complexity index is 1100. The minimum Gasteiger partial charge on any atom is -0.480 e. The number of carbonyl (C=O) groups is 5. The van der Waals surface area contributed by atoms with E-state index in [2.05, 4.69) is 29.1 Å². The van der Waals surface area contributed by atoms with Crippen molar-refractivity contribution < 1.29 is 48.4 Å². The highest BCUT2D eigenvalue weighted by atomic mass is 16.6. The minimum atomic E-state index is -1.36. The smallest absolute Gasteiger partial charge is 0.410 e. The zero-order valence-corrected chi connectivity index (χ0v) is 26.3. The van der Waals surface area contributed by atoms with Gasteiger partial charge < -0.3 is 45.3 Å².